The maximum atomic E-state index is 12.9. The summed E-state index contributed by atoms with van der Waals surface area (Å²) < 4.78 is 5.30. The van der Waals surface area contributed by atoms with Crippen LogP contribution in [-0.2, 0) is 19.2 Å². The number of methoxy groups -OCH3 is 1. The normalized spacial score (nSPS) is 14.9. The topological polar surface area (TPSA) is 145 Å². The van der Waals surface area contributed by atoms with Crippen LogP contribution >= 0.6 is 0 Å². The van der Waals surface area contributed by atoms with Crippen LogP contribution in [0.2, 0.25) is 0 Å². The molecule has 1 aromatic rings. The van der Waals surface area contributed by atoms with Gasteiger partial charge >= 0.3 is 12.0 Å². The number of imide groups is 1. The van der Waals surface area contributed by atoms with Crippen molar-refractivity contribution in [2.24, 2.45) is 0 Å². The maximum Gasteiger partial charge on any atom is 0.332 e. The van der Waals surface area contributed by atoms with Gasteiger partial charge < -0.3 is 20.5 Å². The fourth-order valence-corrected chi connectivity index (χ4v) is 2.99. The van der Waals surface area contributed by atoms with E-state index in [-0.39, 0.29) is 13.0 Å². The minimum Gasteiger partial charge on any atom is -0.495 e. The zero-order valence-electron chi connectivity index (χ0n) is 16.9. The third-order valence-electron chi connectivity index (χ3n) is 4.42. The van der Waals surface area contributed by atoms with Crippen molar-refractivity contribution in [1.82, 2.24) is 15.5 Å². The van der Waals surface area contributed by atoms with Gasteiger partial charge in [0, 0.05) is 19.9 Å². The molecule has 11 heteroatoms. The van der Waals surface area contributed by atoms with Crippen molar-refractivity contribution in [3.05, 3.63) is 23.8 Å². The summed E-state index contributed by atoms with van der Waals surface area (Å²) in [5.74, 6) is -2.72. The molecule has 0 aromatic heterocycles. The van der Waals surface area contributed by atoms with Crippen LogP contribution in [0.5, 0.6) is 5.75 Å². The molecule has 1 aliphatic rings. The molecule has 1 saturated heterocycles. The van der Waals surface area contributed by atoms with Gasteiger partial charge in [0.2, 0.25) is 17.7 Å². The molecule has 3 N–H and O–H groups in total. The molecule has 1 aromatic carbocycles. The second kappa shape index (κ2) is 9.72. The first-order chi connectivity index (χ1) is 14.1. The molecule has 1 atom stereocenters. The van der Waals surface area contributed by atoms with Crippen LogP contribution in [0.3, 0.4) is 0 Å². The van der Waals surface area contributed by atoms with Crippen LogP contribution in [0.15, 0.2) is 18.2 Å². The molecule has 0 unspecified atom stereocenters. The zero-order chi connectivity index (χ0) is 22.4. The molecule has 0 saturated carbocycles. The van der Waals surface area contributed by atoms with Crippen molar-refractivity contribution in [1.29, 1.82) is 0 Å². The molecule has 5 amide bonds. The van der Waals surface area contributed by atoms with Gasteiger partial charge in [0.15, 0.2) is 0 Å². The predicted octanol–water partition coefficient (Wildman–Crippen LogP) is 0.215. The van der Waals surface area contributed by atoms with E-state index in [1.165, 1.54) is 12.0 Å². The van der Waals surface area contributed by atoms with Crippen molar-refractivity contribution < 1.29 is 33.8 Å². The zero-order valence-corrected chi connectivity index (χ0v) is 16.9. The van der Waals surface area contributed by atoms with E-state index < -0.39 is 48.9 Å². The third kappa shape index (κ3) is 5.46. The Bertz CT molecular complexity index is 854. The summed E-state index contributed by atoms with van der Waals surface area (Å²) in [6.07, 6.45) is -0.608. The van der Waals surface area contributed by atoms with Gasteiger partial charge in [0.05, 0.1) is 19.2 Å². The molecule has 1 aliphatic heterocycles. The molecule has 0 aliphatic carbocycles. The predicted molar refractivity (Wildman–Crippen MR) is 105 cm³/mol. The number of carboxylic acids is 1. The van der Waals surface area contributed by atoms with Crippen LogP contribution < -0.4 is 20.3 Å². The van der Waals surface area contributed by atoms with Crippen LogP contribution in [0, 0.1) is 6.92 Å². The van der Waals surface area contributed by atoms with E-state index in [9.17, 15) is 24.0 Å². The van der Waals surface area contributed by atoms with Gasteiger partial charge in [-0.15, -0.1) is 0 Å². The second-order valence-electron chi connectivity index (χ2n) is 6.73. The average molecular weight is 420 g/mol. The van der Waals surface area contributed by atoms with Crippen molar-refractivity contribution in [3.63, 3.8) is 0 Å². The quantitative estimate of drug-likeness (QED) is 0.545. The van der Waals surface area contributed by atoms with Crippen molar-refractivity contribution in [2.45, 2.75) is 32.7 Å². The Kier molecular flexibility index (Phi) is 7.34. The largest absolute Gasteiger partial charge is 0.495 e. The van der Waals surface area contributed by atoms with Crippen LogP contribution in [-0.4, -0.2) is 66.1 Å². The Hall–Kier alpha value is -3.63. The monoisotopic (exact) mass is 420 g/mol. The molecule has 0 bridgehead atoms. The summed E-state index contributed by atoms with van der Waals surface area (Å²) in [4.78, 5) is 61.9. The fraction of sp³-hybridized carbons (Fsp3) is 0.421. The first-order valence-corrected chi connectivity index (χ1v) is 9.17. The lowest BCUT2D eigenvalue weighted by molar-refractivity contribution is -0.141. The number of nitrogens with one attached hydrogen (secondary N) is 2. The first kappa shape index (κ1) is 22.7. The Labute approximate surface area is 173 Å². The molecule has 162 valence electrons. The summed E-state index contributed by atoms with van der Waals surface area (Å²) in [5, 5.41) is 13.5. The van der Waals surface area contributed by atoms with Crippen molar-refractivity contribution >= 4 is 35.4 Å². The summed E-state index contributed by atoms with van der Waals surface area (Å²) in [6.45, 7) is 2.68. The number of carboxylic acid groups (broad SMARTS) is 1. The molecule has 11 nitrogen and oxygen atoms in total. The van der Waals surface area contributed by atoms with Gasteiger partial charge in [-0.3, -0.25) is 24.1 Å². The highest BCUT2D eigenvalue weighted by atomic mass is 16.5. The molecule has 30 heavy (non-hydrogen) atoms. The number of anilines is 1. The van der Waals surface area contributed by atoms with E-state index in [1.54, 1.807) is 12.1 Å². The summed E-state index contributed by atoms with van der Waals surface area (Å²) in [6, 6.07) is 3.31. The van der Waals surface area contributed by atoms with Gasteiger partial charge in [0.1, 0.15) is 18.5 Å². The Balaban J connectivity index is 2.15. The highest BCUT2D eigenvalue weighted by Crippen LogP contribution is 2.31. The molecule has 0 radical (unpaired) electrons. The number of carbonyl (C=O) groups excluding carboxylic acids is 4. The number of nitrogens with zero attached hydrogens (tertiary/aromatic N) is 2. The number of aryl methyl sites for hydroxylation is 1. The van der Waals surface area contributed by atoms with Crippen molar-refractivity contribution in [3.8, 4) is 5.75 Å². The van der Waals surface area contributed by atoms with E-state index in [0.717, 1.165) is 17.4 Å². The van der Waals surface area contributed by atoms with Crippen LogP contribution in [0.25, 0.3) is 0 Å². The Morgan fingerprint density at radius 3 is 2.57 bits per heavy atom. The number of ether oxygens (including phenoxy) is 1. The van der Waals surface area contributed by atoms with Crippen LogP contribution in [0.1, 0.15) is 25.3 Å². The Morgan fingerprint density at radius 1 is 1.27 bits per heavy atom. The molecule has 2 rings (SSSR count). The van der Waals surface area contributed by atoms with E-state index in [2.05, 4.69) is 10.6 Å². The minimum atomic E-state index is -1.33. The average Bonchev–Trinajstić information content (AvgIpc) is 2.66. The first-order valence-electron chi connectivity index (χ1n) is 9.17. The molecule has 0 spiro atoms. The second-order valence-corrected chi connectivity index (χ2v) is 6.73. The number of aliphatic carboxylic acids is 1. The summed E-state index contributed by atoms with van der Waals surface area (Å²) in [7, 11) is 1.47. The lowest BCUT2D eigenvalue weighted by Gasteiger charge is -2.35. The molecule has 1 heterocycles. The SMILES string of the molecule is COc1ccc(C)cc1N1CCC(=O)N(CNC(=O)[C@H](CC(=O)O)NC(C)=O)C1=O. The lowest BCUT2D eigenvalue weighted by atomic mass is 10.1. The van der Waals surface area contributed by atoms with Crippen LogP contribution in [0.4, 0.5) is 10.5 Å². The van der Waals surface area contributed by atoms with E-state index >= 15 is 0 Å². The fourth-order valence-electron chi connectivity index (χ4n) is 2.99. The third-order valence-corrected chi connectivity index (χ3v) is 4.42. The highest BCUT2D eigenvalue weighted by molar-refractivity contribution is 6.06. The van der Waals surface area contributed by atoms with Gasteiger partial charge in [0.25, 0.3) is 0 Å². The number of hydrogen-bond donors (Lipinski definition) is 3. The van der Waals surface area contributed by atoms with Gasteiger partial charge in [-0.25, -0.2) is 9.69 Å². The van der Waals surface area contributed by atoms with E-state index in [4.69, 9.17) is 9.84 Å². The molecular weight excluding hydrogens is 396 g/mol. The smallest absolute Gasteiger partial charge is 0.332 e. The van der Waals surface area contributed by atoms with E-state index in [1.807, 2.05) is 13.0 Å². The Morgan fingerprint density at radius 2 is 1.97 bits per heavy atom. The number of hydrogen-bond acceptors (Lipinski definition) is 6. The summed E-state index contributed by atoms with van der Waals surface area (Å²) in [5.41, 5.74) is 1.38. The number of benzene rings is 1. The summed E-state index contributed by atoms with van der Waals surface area (Å²) >= 11 is 0. The number of amides is 5. The standard InChI is InChI=1S/C19H24N4O7/c1-11-4-5-15(30-3)14(8-11)22-7-6-16(25)23(19(22)29)10-20-18(28)13(9-17(26)27)21-12(2)24/h4-5,8,13H,6-7,9-10H2,1-3H3,(H,20,28)(H,21,24)(H,26,27)/t13-/m0/s1. The number of urea groups is 1. The minimum absolute atomic E-state index is 0.0307. The molecular formula is C19H24N4O7. The maximum absolute atomic E-state index is 12.9. The van der Waals surface area contributed by atoms with E-state index in [0.29, 0.717) is 11.4 Å². The molecule has 1 fully saturated rings. The van der Waals surface area contributed by atoms with Gasteiger partial charge in [-0.05, 0) is 24.6 Å². The lowest BCUT2D eigenvalue weighted by Crippen LogP contribution is -2.57. The van der Waals surface area contributed by atoms with Crippen molar-refractivity contribution in [2.75, 3.05) is 25.2 Å². The van der Waals surface area contributed by atoms with Gasteiger partial charge in [-0.1, -0.05) is 6.07 Å². The number of carbonyl (C=O) groups is 5. The number of rotatable bonds is 8. The highest BCUT2D eigenvalue weighted by Gasteiger charge is 2.35. The van der Waals surface area contributed by atoms with Gasteiger partial charge in [-0.2, -0.15) is 0 Å².